The molecule has 0 unspecified atom stereocenters. The van der Waals surface area contributed by atoms with Gasteiger partial charge < -0.3 is 19.7 Å². The molecule has 0 heterocycles. The summed E-state index contributed by atoms with van der Waals surface area (Å²) >= 11 is 0. The number of sulfonamides is 2. The molecule has 0 atom stereocenters. The van der Waals surface area contributed by atoms with Crippen LogP contribution in [0.25, 0.3) is 0 Å². The zero-order valence-electron chi connectivity index (χ0n) is 19.7. The van der Waals surface area contributed by atoms with Gasteiger partial charge in [-0.2, -0.15) is 0 Å². The van der Waals surface area contributed by atoms with E-state index in [1.54, 1.807) is 25.1 Å². The lowest BCUT2D eigenvalue weighted by atomic mass is 10.1. The van der Waals surface area contributed by atoms with Crippen LogP contribution in [0.5, 0.6) is 11.5 Å². The van der Waals surface area contributed by atoms with Crippen LogP contribution in [0, 0.1) is 6.92 Å². The molecule has 0 aliphatic carbocycles. The van der Waals surface area contributed by atoms with Gasteiger partial charge in [-0.15, -0.1) is 0 Å². The summed E-state index contributed by atoms with van der Waals surface area (Å²) in [4.78, 5) is 14.2. The van der Waals surface area contributed by atoms with E-state index < -0.39 is 26.1 Å². The Morgan fingerprint density at radius 2 is 1.74 bits per heavy atom. The molecule has 2 amide bonds. The number of rotatable bonds is 11. The van der Waals surface area contributed by atoms with Crippen LogP contribution in [0.15, 0.2) is 41.3 Å². The van der Waals surface area contributed by atoms with Gasteiger partial charge in [-0.25, -0.2) is 31.1 Å². The van der Waals surface area contributed by atoms with Crippen molar-refractivity contribution in [3.63, 3.8) is 0 Å². The smallest absolute Gasteiger partial charge is 0.333 e. The normalized spacial score (nSPS) is 11.6. The number of ether oxygens (including phenoxy) is 2. The maximum atomic E-state index is 12.8. The summed E-state index contributed by atoms with van der Waals surface area (Å²) in [5.74, 6) is 0.354. The number of benzene rings is 2. The first-order valence-electron chi connectivity index (χ1n) is 10.3. The van der Waals surface area contributed by atoms with Gasteiger partial charge >= 0.3 is 6.03 Å². The summed E-state index contributed by atoms with van der Waals surface area (Å²) in [5.41, 5.74) is 1.94. The van der Waals surface area contributed by atoms with E-state index in [4.69, 9.17) is 9.47 Å². The van der Waals surface area contributed by atoms with Gasteiger partial charge in [0.2, 0.25) is 10.0 Å². The number of anilines is 2. The number of hydrogen-bond acceptors (Lipinski definition) is 8. The van der Waals surface area contributed by atoms with Crippen molar-refractivity contribution in [3.05, 3.63) is 42.0 Å². The molecule has 0 fully saturated rings. The zero-order valence-corrected chi connectivity index (χ0v) is 21.3. The van der Waals surface area contributed by atoms with Crippen LogP contribution in [-0.2, 0) is 20.0 Å². The summed E-state index contributed by atoms with van der Waals surface area (Å²) in [6, 6.07) is 8.51. The molecule has 2 aromatic rings. The highest BCUT2D eigenvalue weighted by molar-refractivity contribution is 7.90. The second-order valence-electron chi connectivity index (χ2n) is 7.32. The molecule has 2 aromatic carbocycles. The standard InChI is InChI=1S/C21H30N4O7S2/c1-6-25(12-11-22-33(5,27)28)16-7-9-18(15(2)13-16)23-21(26)24-34(29,30)20-14-17(31-3)8-10-19(20)32-4/h7-10,13-14,22H,6,11-12H2,1-5H3,(H2,23,24,26). The van der Waals surface area contributed by atoms with Crippen LogP contribution in [0.4, 0.5) is 16.2 Å². The fourth-order valence-corrected chi connectivity index (χ4v) is 4.69. The van der Waals surface area contributed by atoms with Crippen molar-refractivity contribution in [3.8, 4) is 11.5 Å². The Balaban J connectivity index is 2.13. The summed E-state index contributed by atoms with van der Waals surface area (Å²) in [6.45, 7) is 5.05. The SMILES string of the molecule is CCN(CCNS(C)(=O)=O)c1ccc(NC(=O)NS(=O)(=O)c2cc(OC)ccc2OC)c(C)c1. The Kier molecular flexibility index (Phi) is 9.13. The van der Waals surface area contributed by atoms with Crippen molar-refractivity contribution in [2.45, 2.75) is 18.7 Å². The van der Waals surface area contributed by atoms with Gasteiger partial charge in [0.15, 0.2) is 0 Å². The van der Waals surface area contributed by atoms with E-state index in [0.29, 0.717) is 30.1 Å². The molecule has 13 heteroatoms. The number of nitrogens with zero attached hydrogens (tertiary/aromatic N) is 1. The van der Waals surface area contributed by atoms with E-state index in [9.17, 15) is 21.6 Å². The minimum Gasteiger partial charge on any atom is -0.497 e. The highest BCUT2D eigenvalue weighted by atomic mass is 32.2. The fourth-order valence-electron chi connectivity index (χ4n) is 3.14. The van der Waals surface area contributed by atoms with Crippen LogP contribution in [-0.4, -0.2) is 63.0 Å². The third-order valence-electron chi connectivity index (χ3n) is 4.84. The fraction of sp³-hybridized carbons (Fsp3) is 0.381. The molecule has 2 rings (SSSR count). The van der Waals surface area contributed by atoms with Crippen molar-refractivity contribution >= 4 is 37.5 Å². The number of hydrogen-bond donors (Lipinski definition) is 3. The van der Waals surface area contributed by atoms with E-state index in [2.05, 4.69) is 10.0 Å². The van der Waals surface area contributed by atoms with Crippen LogP contribution >= 0.6 is 0 Å². The number of likely N-dealkylation sites (N-methyl/N-ethyl adjacent to an activating group) is 1. The number of aryl methyl sites for hydroxylation is 1. The van der Waals surface area contributed by atoms with Crippen LogP contribution in [0.2, 0.25) is 0 Å². The first-order chi connectivity index (χ1) is 15.9. The molecule has 0 saturated carbocycles. The number of carbonyl (C=O) groups is 1. The lowest BCUT2D eigenvalue weighted by Crippen LogP contribution is -2.35. The Morgan fingerprint density at radius 3 is 2.29 bits per heavy atom. The van der Waals surface area contributed by atoms with E-state index in [1.807, 2.05) is 22.6 Å². The molecule has 34 heavy (non-hydrogen) atoms. The molecule has 0 aliphatic rings. The third-order valence-corrected chi connectivity index (χ3v) is 6.92. The van der Waals surface area contributed by atoms with Crippen molar-refractivity contribution in [2.75, 3.05) is 50.3 Å². The second kappa shape index (κ2) is 11.4. The van der Waals surface area contributed by atoms with E-state index in [0.717, 1.165) is 11.9 Å². The predicted octanol–water partition coefficient (Wildman–Crippen LogP) is 1.90. The summed E-state index contributed by atoms with van der Waals surface area (Å²) in [6.07, 6.45) is 1.10. The van der Waals surface area contributed by atoms with Crippen molar-refractivity contribution < 1.29 is 31.1 Å². The van der Waals surface area contributed by atoms with Gasteiger partial charge in [0.25, 0.3) is 10.0 Å². The summed E-state index contributed by atoms with van der Waals surface area (Å²) in [5, 5.41) is 2.54. The first kappa shape index (κ1) is 27.2. The lowest BCUT2D eigenvalue weighted by Gasteiger charge is -2.24. The molecule has 0 aliphatic heterocycles. The second-order valence-corrected chi connectivity index (χ2v) is 10.8. The van der Waals surface area contributed by atoms with Crippen LogP contribution < -0.4 is 29.1 Å². The van der Waals surface area contributed by atoms with Gasteiger partial charge in [-0.05, 0) is 49.7 Å². The van der Waals surface area contributed by atoms with Crippen molar-refractivity contribution in [1.29, 1.82) is 0 Å². The largest absolute Gasteiger partial charge is 0.497 e. The number of carbonyl (C=O) groups excluding carboxylic acids is 1. The molecular weight excluding hydrogens is 484 g/mol. The van der Waals surface area contributed by atoms with Crippen molar-refractivity contribution in [1.82, 2.24) is 9.44 Å². The average Bonchev–Trinajstić information content (AvgIpc) is 2.76. The van der Waals surface area contributed by atoms with Gasteiger partial charge in [0.1, 0.15) is 16.4 Å². The average molecular weight is 515 g/mol. The molecule has 0 saturated heterocycles. The molecule has 0 spiro atoms. The quantitative estimate of drug-likeness (QED) is 0.413. The minimum atomic E-state index is -4.25. The van der Waals surface area contributed by atoms with Gasteiger partial charge in [0.05, 0.1) is 20.5 Å². The zero-order chi connectivity index (χ0) is 25.5. The predicted molar refractivity (Wildman–Crippen MR) is 131 cm³/mol. The molecule has 3 N–H and O–H groups in total. The number of amides is 2. The van der Waals surface area contributed by atoms with Crippen LogP contribution in [0.3, 0.4) is 0 Å². The highest BCUT2D eigenvalue weighted by Gasteiger charge is 2.23. The number of urea groups is 1. The molecule has 0 radical (unpaired) electrons. The molecule has 0 bridgehead atoms. The van der Waals surface area contributed by atoms with E-state index in [-0.39, 0.29) is 17.2 Å². The minimum absolute atomic E-state index is 0.0617. The third kappa shape index (κ3) is 7.50. The van der Waals surface area contributed by atoms with E-state index in [1.165, 1.54) is 26.4 Å². The number of nitrogens with one attached hydrogen (secondary N) is 3. The molecular formula is C21H30N4O7S2. The van der Waals surface area contributed by atoms with Gasteiger partial charge in [0, 0.05) is 37.1 Å². The lowest BCUT2D eigenvalue weighted by molar-refractivity contribution is 0.256. The monoisotopic (exact) mass is 514 g/mol. The summed E-state index contributed by atoms with van der Waals surface area (Å²) < 4.78 is 62.6. The Bertz CT molecular complexity index is 1230. The van der Waals surface area contributed by atoms with Crippen LogP contribution in [0.1, 0.15) is 12.5 Å². The molecule has 11 nitrogen and oxygen atoms in total. The summed E-state index contributed by atoms with van der Waals surface area (Å²) in [7, 11) is -4.81. The first-order valence-corrected chi connectivity index (χ1v) is 13.6. The highest BCUT2D eigenvalue weighted by Crippen LogP contribution is 2.28. The van der Waals surface area contributed by atoms with Gasteiger partial charge in [-0.1, -0.05) is 0 Å². The molecule has 0 aromatic heterocycles. The van der Waals surface area contributed by atoms with E-state index >= 15 is 0 Å². The van der Waals surface area contributed by atoms with Crippen molar-refractivity contribution in [2.24, 2.45) is 0 Å². The Labute approximate surface area is 200 Å². The molecule has 188 valence electrons. The topological polar surface area (TPSA) is 143 Å². The van der Waals surface area contributed by atoms with Gasteiger partial charge in [-0.3, -0.25) is 0 Å². The maximum Gasteiger partial charge on any atom is 0.333 e. The number of methoxy groups -OCH3 is 2. The Morgan fingerprint density at radius 1 is 1.03 bits per heavy atom. The Hall–Kier alpha value is -3.03. The maximum absolute atomic E-state index is 12.8.